The Balaban J connectivity index is 1.84. The highest BCUT2D eigenvalue weighted by Crippen LogP contribution is 2.26. The van der Waals surface area contributed by atoms with Gasteiger partial charge in [0.05, 0.1) is 9.77 Å². The van der Waals surface area contributed by atoms with Crippen LogP contribution in [0.25, 0.3) is 10.8 Å². The summed E-state index contributed by atoms with van der Waals surface area (Å²) in [5.74, 6) is 0.423. The quantitative estimate of drug-likeness (QED) is 0.795. The number of sulfone groups is 1. The molecule has 0 fully saturated rings. The van der Waals surface area contributed by atoms with Gasteiger partial charge in [-0.05, 0) is 29.6 Å². The van der Waals surface area contributed by atoms with Crippen LogP contribution in [0.3, 0.4) is 0 Å². The van der Waals surface area contributed by atoms with Crippen LogP contribution in [-0.4, -0.2) is 24.9 Å². The summed E-state index contributed by atoms with van der Waals surface area (Å²) in [6, 6.07) is 10.4. The number of nitrogens with zero attached hydrogens (tertiary/aromatic N) is 2. The summed E-state index contributed by atoms with van der Waals surface area (Å²) in [7, 11) is -3.25. The molecule has 0 saturated carbocycles. The van der Waals surface area contributed by atoms with Crippen molar-refractivity contribution in [2.75, 3.05) is 11.6 Å². The first-order chi connectivity index (χ1) is 10.0. The van der Waals surface area contributed by atoms with E-state index in [1.165, 1.54) is 23.5 Å². The second kappa shape index (κ2) is 5.30. The van der Waals surface area contributed by atoms with Crippen molar-refractivity contribution in [2.45, 2.75) is 4.90 Å². The topological polar surface area (TPSA) is 85.1 Å². The molecule has 2 heterocycles. The molecule has 0 saturated heterocycles. The second-order valence-corrected chi connectivity index (χ2v) is 7.28. The molecule has 0 aliphatic carbocycles. The van der Waals surface area contributed by atoms with Gasteiger partial charge < -0.3 is 9.73 Å². The predicted octanol–water partition coefficient (Wildman–Crippen LogP) is 2.95. The Morgan fingerprint density at radius 1 is 1.19 bits per heavy atom. The van der Waals surface area contributed by atoms with E-state index in [0.29, 0.717) is 11.6 Å². The smallest absolute Gasteiger partial charge is 0.320 e. The molecule has 0 aliphatic rings. The third-order valence-corrected chi connectivity index (χ3v) is 4.64. The van der Waals surface area contributed by atoms with E-state index in [1.54, 1.807) is 12.1 Å². The summed E-state index contributed by atoms with van der Waals surface area (Å²) in [5.41, 5.74) is 0.569. The molecule has 0 radical (unpaired) electrons. The molecule has 0 unspecified atom stereocenters. The lowest BCUT2D eigenvalue weighted by atomic mass is 10.3. The van der Waals surface area contributed by atoms with Crippen molar-refractivity contribution >= 4 is 32.9 Å². The first-order valence-electron chi connectivity index (χ1n) is 5.97. The third kappa shape index (κ3) is 3.11. The van der Waals surface area contributed by atoms with Gasteiger partial charge in [0, 0.05) is 11.9 Å². The van der Waals surface area contributed by atoms with Crippen molar-refractivity contribution in [1.29, 1.82) is 0 Å². The van der Waals surface area contributed by atoms with Gasteiger partial charge in [0.1, 0.15) is 0 Å². The molecular formula is C13H11N3O3S2. The van der Waals surface area contributed by atoms with Gasteiger partial charge in [-0.15, -0.1) is 16.4 Å². The van der Waals surface area contributed by atoms with Crippen LogP contribution in [0.15, 0.2) is 51.1 Å². The highest BCUT2D eigenvalue weighted by Gasteiger charge is 2.11. The molecule has 6 nitrogen and oxygen atoms in total. The molecule has 2 aromatic heterocycles. The lowest BCUT2D eigenvalue weighted by Gasteiger charge is -2.03. The molecule has 21 heavy (non-hydrogen) atoms. The average Bonchev–Trinajstić information content (AvgIpc) is 3.08. The van der Waals surface area contributed by atoms with E-state index in [-0.39, 0.29) is 10.9 Å². The minimum Gasteiger partial charge on any atom is -0.402 e. The lowest BCUT2D eigenvalue weighted by Crippen LogP contribution is -1.98. The maximum atomic E-state index is 11.5. The van der Waals surface area contributed by atoms with Gasteiger partial charge in [0.25, 0.3) is 5.89 Å². The highest BCUT2D eigenvalue weighted by molar-refractivity contribution is 7.90. The van der Waals surface area contributed by atoms with Gasteiger partial charge in [-0.3, -0.25) is 0 Å². The number of anilines is 2. The fourth-order valence-corrected chi connectivity index (χ4v) is 3.01. The van der Waals surface area contributed by atoms with E-state index in [1.807, 2.05) is 17.5 Å². The standard InChI is InChI=1S/C13H11N3O3S2/c1-21(17,18)10-5-2-4-9(8-10)14-13-16-15-12(19-13)11-6-3-7-20-11/h2-8H,1H3,(H,14,16). The summed E-state index contributed by atoms with van der Waals surface area (Å²) in [6.07, 6.45) is 1.16. The van der Waals surface area contributed by atoms with Crippen LogP contribution in [0.5, 0.6) is 0 Å². The van der Waals surface area contributed by atoms with Crippen molar-refractivity contribution < 1.29 is 12.8 Å². The van der Waals surface area contributed by atoms with E-state index in [2.05, 4.69) is 15.5 Å². The zero-order chi connectivity index (χ0) is 14.9. The zero-order valence-electron chi connectivity index (χ0n) is 11.0. The maximum Gasteiger partial charge on any atom is 0.320 e. The lowest BCUT2D eigenvalue weighted by molar-refractivity contribution is 0.589. The van der Waals surface area contributed by atoms with Gasteiger partial charge in [0.15, 0.2) is 9.84 Å². The molecule has 1 N–H and O–H groups in total. The molecule has 8 heteroatoms. The highest BCUT2D eigenvalue weighted by atomic mass is 32.2. The van der Waals surface area contributed by atoms with Gasteiger partial charge in [-0.2, -0.15) is 0 Å². The number of aromatic nitrogens is 2. The van der Waals surface area contributed by atoms with Crippen molar-refractivity contribution in [3.05, 3.63) is 41.8 Å². The van der Waals surface area contributed by atoms with Crippen LogP contribution in [0.1, 0.15) is 0 Å². The number of benzene rings is 1. The van der Waals surface area contributed by atoms with Gasteiger partial charge >= 0.3 is 6.01 Å². The largest absolute Gasteiger partial charge is 0.402 e. The normalized spacial score (nSPS) is 11.5. The van der Waals surface area contributed by atoms with Gasteiger partial charge in [-0.25, -0.2) is 8.42 Å². The maximum absolute atomic E-state index is 11.5. The van der Waals surface area contributed by atoms with Crippen molar-refractivity contribution in [3.63, 3.8) is 0 Å². The van der Waals surface area contributed by atoms with E-state index >= 15 is 0 Å². The number of hydrogen-bond acceptors (Lipinski definition) is 7. The Kier molecular flexibility index (Phi) is 3.48. The number of nitrogens with one attached hydrogen (secondary N) is 1. The van der Waals surface area contributed by atoms with Gasteiger partial charge in [0.2, 0.25) is 0 Å². The number of thiophene rings is 1. The Bertz CT molecular complexity index is 854. The Labute approximate surface area is 125 Å². The Hall–Kier alpha value is -2.19. The molecule has 0 bridgehead atoms. The summed E-state index contributed by atoms with van der Waals surface area (Å²) < 4.78 is 28.5. The minimum absolute atomic E-state index is 0.212. The SMILES string of the molecule is CS(=O)(=O)c1cccc(Nc2nnc(-c3cccs3)o2)c1. The molecule has 3 aromatic rings. The van der Waals surface area contributed by atoms with E-state index in [9.17, 15) is 8.42 Å². The van der Waals surface area contributed by atoms with Crippen molar-refractivity contribution in [3.8, 4) is 10.8 Å². The van der Waals surface area contributed by atoms with Crippen molar-refractivity contribution in [1.82, 2.24) is 10.2 Å². The molecule has 0 atom stereocenters. The van der Waals surface area contributed by atoms with E-state index < -0.39 is 9.84 Å². The zero-order valence-corrected chi connectivity index (χ0v) is 12.6. The molecule has 0 spiro atoms. The summed E-state index contributed by atoms with van der Waals surface area (Å²) in [5, 5.41) is 12.6. The average molecular weight is 321 g/mol. The summed E-state index contributed by atoms with van der Waals surface area (Å²) in [4.78, 5) is 1.10. The van der Waals surface area contributed by atoms with Gasteiger partial charge in [-0.1, -0.05) is 17.2 Å². The Morgan fingerprint density at radius 2 is 2.05 bits per heavy atom. The molecule has 0 amide bonds. The van der Waals surface area contributed by atoms with Crippen LogP contribution in [0.4, 0.5) is 11.7 Å². The molecule has 1 aromatic carbocycles. The van der Waals surface area contributed by atoms with Crippen LogP contribution >= 0.6 is 11.3 Å². The van der Waals surface area contributed by atoms with E-state index in [4.69, 9.17) is 4.42 Å². The number of hydrogen-bond donors (Lipinski definition) is 1. The molecular weight excluding hydrogens is 310 g/mol. The fourth-order valence-electron chi connectivity index (χ4n) is 1.70. The number of rotatable bonds is 4. The summed E-state index contributed by atoms with van der Waals surface area (Å²) >= 11 is 1.50. The van der Waals surface area contributed by atoms with E-state index in [0.717, 1.165) is 11.1 Å². The molecule has 0 aliphatic heterocycles. The molecule has 3 rings (SSSR count). The van der Waals surface area contributed by atoms with Crippen LogP contribution in [0, 0.1) is 0 Å². The summed E-state index contributed by atoms with van der Waals surface area (Å²) in [6.45, 7) is 0. The van der Waals surface area contributed by atoms with Crippen LogP contribution in [0.2, 0.25) is 0 Å². The fraction of sp³-hybridized carbons (Fsp3) is 0.0769. The monoisotopic (exact) mass is 321 g/mol. The minimum atomic E-state index is -3.25. The second-order valence-electron chi connectivity index (χ2n) is 4.31. The third-order valence-electron chi connectivity index (χ3n) is 2.67. The predicted molar refractivity (Wildman–Crippen MR) is 80.4 cm³/mol. The first-order valence-corrected chi connectivity index (χ1v) is 8.74. The van der Waals surface area contributed by atoms with Crippen molar-refractivity contribution in [2.24, 2.45) is 0 Å². The first kappa shape index (κ1) is 13.8. The Morgan fingerprint density at radius 3 is 2.76 bits per heavy atom. The molecule has 108 valence electrons. The van der Waals surface area contributed by atoms with Crippen LogP contribution in [-0.2, 0) is 9.84 Å². The van der Waals surface area contributed by atoms with Crippen LogP contribution < -0.4 is 5.32 Å².